The van der Waals surface area contributed by atoms with E-state index in [1.165, 1.54) is 37.2 Å². The SMILES string of the molecule is CCCCCn1c(C)ccc1C. The van der Waals surface area contributed by atoms with Crippen molar-refractivity contribution in [1.29, 1.82) is 0 Å². The van der Waals surface area contributed by atoms with E-state index in [1.54, 1.807) is 0 Å². The molecule has 0 aromatic carbocycles. The fourth-order valence-electron chi connectivity index (χ4n) is 1.57. The average Bonchev–Trinajstić information content (AvgIpc) is 2.35. The Kier molecular flexibility index (Phi) is 3.39. The molecule has 0 aliphatic carbocycles. The highest BCUT2D eigenvalue weighted by molar-refractivity contribution is 5.13. The molecule has 0 N–H and O–H groups in total. The van der Waals surface area contributed by atoms with Crippen LogP contribution < -0.4 is 0 Å². The molecular formula is C11H19N. The molecule has 0 aliphatic heterocycles. The van der Waals surface area contributed by atoms with Crippen LogP contribution in [0, 0.1) is 13.8 Å². The molecule has 0 saturated carbocycles. The van der Waals surface area contributed by atoms with Crippen molar-refractivity contribution < 1.29 is 0 Å². The Morgan fingerprint density at radius 1 is 1.08 bits per heavy atom. The van der Waals surface area contributed by atoms with Crippen LogP contribution in [0.3, 0.4) is 0 Å². The quantitative estimate of drug-likeness (QED) is 0.603. The zero-order valence-electron chi connectivity index (χ0n) is 8.43. The summed E-state index contributed by atoms with van der Waals surface area (Å²) in [6.07, 6.45) is 3.96. The van der Waals surface area contributed by atoms with E-state index in [1.807, 2.05) is 0 Å². The highest BCUT2D eigenvalue weighted by atomic mass is 15.0. The average molecular weight is 165 g/mol. The van der Waals surface area contributed by atoms with Gasteiger partial charge in [-0.3, -0.25) is 0 Å². The van der Waals surface area contributed by atoms with Gasteiger partial charge in [0, 0.05) is 17.9 Å². The zero-order chi connectivity index (χ0) is 8.97. The van der Waals surface area contributed by atoms with Crippen LogP contribution in [0.15, 0.2) is 12.1 Å². The highest BCUT2D eigenvalue weighted by Gasteiger charge is 1.98. The first-order chi connectivity index (χ1) is 5.75. The van der Waals surface area contributed by atoms with Gasteiger partial charge in [0.2, 0.25) is 0 Å². The van der Waals surface area contributed by atoms with Gasteiger partial charge >= 0.3 is 0 Å². The van der Waals surface area contributed by atoms with Gasteiger partial charge in [-0.25, -0.2) is 0 Å². The summed E-state index contributed by atoms with van der Waals surface area (Å²) in [4.78, 5) is 0. The predicted octanol–water partition coefficient (Wildman–Crippen LogP) is 3.30. The maximum Gasteiger partial charge on any atom is 0.0224 e. The van der Waals surface area contributed by atoms with E-state index in [2.05, 4.69) is 37.5 Å². The summed E-state index contributed by atoms with van der Waals surface area (Å²) in [5.41, 5.74) is 2.78. The van der Waals surface area contributed by atoms with Gasteiger partial charge in [0.25, 0.3) is 0 Å². The Morgan fingerprint density at radius 2 is 1.67 bits per heavy atom. The molecule has 0 bridgehead atoms. The Labute approximate surface area is 75.4 Å². The molecular weight excluding hydrogens is 146 g/mol. The molecule has 1 heteroatoms. The number of hydrogen-bond acceptors (Lipinski definition) is 0. The molecule has 0 radical (unpaired) electrons. The lowest BCUT2D eigenvalue weighted by molar-refractivity contribution is 0.585. The molecule has 0 aliphatic rings. The molecule has 0 amide bonds. The molecule has 0 fully saturated rings. The minimum Gasteiger partial charge on any atom is -0.349 e. The first kappa shape index (κ1) is 9.37. The molecule has 1 heterocycles. The molecule has 68 valence electrons. The second-order valence-corrected chi connectivity index (χ2v) is 3.47. The summed E-state index contributed by atoms with van der Waals surface area (Å²) in [5, 5.41) is 0. The van der Waals surface area contributed by atoms with Crippen LogP contribution in [0.4, 0.5) is 0 Å². The Balaban J connectivity index is 2.50. The van der Waals surface area contributed by atoms with Crippen molar-refractivity contribution in [2.24, 2.45) is 0 Å². The fourth-order valence-corrected chi connectivity index (χ4v) is 1.57. The first-order valence-corrected chi connectivity index (χ1v) is 4.88. The van der Waals surface area contributed by atoms with E-state index in [0.717, 1.165) is 0 Å². The van der Waals surface area contributed by atoms with Gasteiger partial charge in [0.1, 0.15) is 0 Å². The van der Waals surface area contributed by atoms with Crippen molar-refractivity contribution in [1.82, 2.24) is 4.57 Å². The molecule has 0 saturated heterocycles. The van der Waals surface area contributed by atoms with Crippen LogP contribution in [-0.4, -0.2) is 4.57 Å². The third-order valence-corrected chi connectivity index (χ3v) is 2.40. The normalized spacial score (nSPS) is 10.6. The third-order valence-electron chi connectivity index (χ3n) is 2.40. The van der Waals surface area contributed by atoms with Gasteiger partial charge in [0.15, 0.2) is 0 Å². The molecule has 0 spiro atoms. The summed E-state index contributed by atoms with van der Waals surface area (Å²) in [5.74, 6) is 0. The number of unbranched alkanes of at least 4 members (excludes halogenated alkanes) is 2. The van der Waals surface area contributed by atoms with Gasteiger partial charge in [-0.05, 0) is 32.4 Å². The maximum absolute atomic E-state index is 2.40. The molecule has 12 heavy (non-hydrogen) atoms. The van der Waals surface area contributed by atoms with E-state index >= 15 is 0 Å². The van der Waals surface area contributed by atoms with Crippen LogP contribution in [-0.2, 0) is 6.54 Å². The van der Waals surface area contributed by atoms with E-state index in [0.29, 0.717) is 0 Å². The van der Waals surface area contributed by atoms with Crippen molar-refractivity contribution in [3.05, 3.63) is 23.5 Å². The van der Waals surface area contributed by atoms with Crippen LogP contribution >= 0.6 is 0 Å². The largest absolute Gasteiger partial charge is 0.349 e. The topological polar surface area (TPSA) is 4.93 Å². The van der Waals surface area contributed by atoms with Crippen molar-refractivity contribution in [2.75, 3.05) is 0 Å². The molecule has 0 atom stereocenters. The summed E-state index contributed by atoms with van der Waals surface area (Å²) in [6, 6.07) is 4.39. The van der Waals surface area contributed by atoms with Gasteiger partial charge in [0.05, 0.1) is 0 Å². The minimum absolute atomic E-state index is 1.19. The third kappa shape index (κ3) is 2.13. The lowest BCUT2D eigenvalue weighted by atomic mass is 10.2. The molecule has 1 nitrogen and oxygen atoms in total. The smallest absolute Gasteiger partial charge is 0.0224 e. The van der Waals surface area contributed by atoms with Crippen LogP contribution in [0.2, 0.25) is 0 Å². The Bertz CT molecular complexity index is 216. The van der Waals surface area contributed by atoms with E-state index < -0.39 is 0 Å². The van der Waals surface area contributed by atoms with Crippen LogP contribution in [0.25, 0.3) is 0 Å². The lowest BCUT2D eigenvalue weighted by Crippen LogP contribution is -2.01. The van der Waals surface area contributed by atoms with Crippen molar-refractivity contribution in [3.63, 3.8) is 0 Å². The summed E-state index contributed by atoms with van der Waals surface area (Å²) in [6.45, 7) is 7.80. The van der Waals surface area contributed by atoms with Crippen molar-refractivity contribution >= 4 is 0 Å². The fraction of sp³-hybridized carbons (Fsp3) is 0.636. The standard InChI is InChI=1S/C11H19N/c1-4-5-6-9-12-10(2)7-8-11(12)3/h7-8H,4-6,9H2,1-3H3. The Morgan fingerprint density at radius 3 is 2.17 bits per heavy atom. The number of rotatable bonds is 4. The van der Waals surface area contributed by atoms with Crippen LogP contribution in [0.1, 0.15) is 37.6 Å². The Hall–Kier alpha value is -0.720. The van der Waals surface area contributed by atoms with Crippen molar-refractivity contribution in [3.8, 4) is 0 Å². The monoisotopic (exact) mass is 165 g/mol. The predicted molar refractivity (Wildman–Crippen MR) is 53.4 cm³/mol. The molecule has 1 aromatic heterocycles. The zero-order valence-corrected chi connectivity index (χ0v) is 8.43. The number of nitrogens with zero attached hydrogens (tertiary/aromatic N) is 1. The number of aromatic nitrogens is 1. The highest BCUT2D eigenvalue weighted by Crippen LogP contribution is 2.09. The van der Waals surface area contributed by atoms with Crippen LogP contribution in [0.5, 0.6) is 0 Å². The van der Waals surface area contributed by atoms with Gasteiger partial charge < -0.3 is 4.57 Å². The van der Waals surface area contributed by atoms with E-state index in [9.17, 15) is 0 Å². The van der Waals surface area contributed by atoms with Gasteiger partial charge in [-0.1, -0.05) is 19.8 Å². The second kappa shape index (κ2) is 4.34. The molecule has 1 rings (SSSR count). The number of hydrogen-bond donors (Lipinski definition) is 0. The molecule has 1 aromatic rings. The number of aryl methyl sites for hydroxylation is 2. The van der Waals surface area contributed by atoms with Gasteiger partial charge in [-0.15, -0.1) is 0 Å². The molecule has 0 unspecified atom stereocenters. The summed E-state index contributed by atoms with van der Waals surface area (Å²) in [7, 11) is 0. The van der Waals surface area contributed by atoms with Crippen molar-refractivity contribution in [2.45, 2.75) is 46.6 Å². The maximum atomic E-state index is 2.40. The second-order valence-electron chi connectivity index (χ2n) is 3.47. The van der Waals surface area contributed by atoms with Gasteiger partial charge in [-0.2, -0.15) is 0 Å². The van der Waals surface area contributed by atoms with E-state index in [-0.39, 0.29) is 0 Å². The summed E-state index contributed by atoms with van der Waals surface area (Å²) >= 11 is 0. The van der Waals surface area contributed by atoms with E-state index in [4.69, 9.17) is 0 Å². The lowest BCUT2D eigenvalue weighted by Gasteiger charge is -2.07. The summed E-state index contributed by atoms with van der Waals surface area (Å²) < 4.78 is 2.40. The first-order valence-electron chi connectivity index (χ1n) is 4.88. The minimum atomic E-state index is 1.19.